The molecular weight excluding hydrogens is 462 g/mol. The van der Waals surface area contributed by atoms with Crippen LogP contribution >= 0.6 is 0 Å². The van der Waals surface area contributed by atoms with Crippen molar-refractivity contribution < 1.29 is 19.8 Å². The molecule has 202 valence electrons. The number of rotatable bonds is 12. The lowest BCUT2D eigenvalue weighted by molar-refractivity contribution is -0.146. The van der Waals surface area contributed by atoms with Crippen molar-refractivity contribution in [3.05, 3.63) is 58.2 Å². The standard InChI is InChI=1S/C32H45NO4/c1-8-23(4)28(29(34)33(7)25(6)30(35)36)14-13-18-31(9-2,10-3)27-16-15-26(24(5)22-27)17-21-32(37)19-11-12-20-32/h1,13-16,22,25,37H,9-12,17-21H2,2-7H3,(H,35,36)/b14-13-,28-23+. The van der Waals surface area contributed by atoms with E-state index in [9.17, 15) is 19.8 Å². The predicted molar refractivity (Wildman–Crippen MR) is 150 cm³/mol. The maximum atomic E-state index is 13.1. The number of aryl methyl sites for hydroxylation is 2. The molecule has 5 nitrogen and oxygen atoms in total. The average Bonchev–Trinajstić information content (AvgIpc) is 3.33. The van der Waals surface area contributed by atoms with E-state index in [1.54, 1.807) is 13.0 Å². The number of aliphatic hydroxyl groups is 1. The number of amides is 1. The highest BCUT2D eigenvalue weighted by Crippen LogP contribution is 2.38. The van der Waals surface area contributed by atoms with Crippen LogP contribution in [0.2, 0.25) is 0 Å². The molecule has 1 aromatic carbocycles. The summed E-state index contributed by atoms with van der Waals surface area (Å²) in [5.74, 6) is 1.08. The summed E-state index contributed by atoms with van der Waals surface area (Å²) in [7, 11) is 1.48. The average molecular weight is 508 g/mol. The van der Waals surface area contributed by atoms with Gasteiger partial charge in [0.05, 0.1) is 11.2 Å². The molecule has 1 fully saturated rings. The van der Waals surface area contributed by atoms with Crippen LogP contribution in [0.5, 0.6) is 0 Å². The van der Waals surface area contributed by atoms with Crippen molar-refractivity contribution in [1.29, 1.82) is 0 Å². The minimum Gasteiger partial charge on any atom is -0.480 e. The normalized spacial score (nSPS) is 16.8. The molecule has 1 aliphatic carbocycles. The Bertz CT molecular complexity index is 1060. The van der Waals surface area contributed by atoms with Gasteiger partial charge in [0.2, 0.25) is 0 Å². The molecule has 37 heavy (non-hydrogen) atoms. The van der Waals surface area contributed by atoms with E-state index in [4.69, 9.17) is 6.42 Å². The molecule has 0 aliphatic heterocycles. The molecule has 1 amide bonds. The van der Waals surface area contributed by atoms with Crippen LogP contribution in [0.1, 0.15) is 95.8 Å². The number of carboxylic acid groups (broad SMARTS) is 1. The van der Waals surface area contributed by atoms with Crippen molar-refractivity contribution in [3.63, 3.8) is 0 Å². The molecule has 1 saturated carbocycles. The second-order valence-electron chi connectivity index (χ2n) is 10.8. The van der Waals surface area contributed by atoms with E-state index in [0.717, 1.165) is 57.8 Å². The van der Waals surface area contributed by atoms with Crippen LogP contribution in [0.15, 0.2) is 41.5 Å². The van der Waals surface area contributed by atoms with E-state index < -0.39 is 23.5 Å². The summed E-state index contributed by atoms with van der Waals surface area (Å²) in [5, 5.41) is 20.1. The SMILES string of the molecule is C#C/C(C)=C(\C=C/CC(CC)(CC)c1ccc(CCC2(O)CCCC2)c(C)c1)C(=O)N(C)C(C)C(=O)O. The summed E-state index contributed by atoms with van der Waals surface area (Å²) >= 11 is 0. The highest BCUT2D eigenvalue weighted by molar-refractivity contribution is 5.99. The summed E-state index contributed by atoms with van der Waals surface area (Å²) < 4.78 is 0. The fourth-order valence-corrected chi connectivity index (χ4v) is 5.39. The molecule has 1 unspecified atom stereocenters. The van der Waals surface area contributed by atoms with Crippen molar-refractivity contribution in [2.45, 2.75) is 109 Å². The lowest BCUT2D eigenvalue weighted by Crippen LogP contribution is -2.41. The van der Waals surface area contributed by atoms with Crippen LogP contribution in [0.25, 0.3) is 0 Å². The molecule has 0 spiro atoms. The van der Waals surface area contributed by atoms with Crippen molar-refractivity contribution >= 4 is 11.9 Å². The maximum absolute atomic E-state index is 13.1. The minimum atomic E-state index is -1.07. The first kappa shape index (κ1) is 30.4. The first-order chi connectivity index (χ1) is 17.4. The van der Waals surface area contributed by atoms with E-state index in [1.165, 1.54) is 35.6 Å². The topological polar surface area (TPSA) is 77.8 Å². The molecule has 0 heterocycles. The second kappa shape index (κ2) is 13.1. The Morgan fingerprint density at radius 1 is 1.24 bits per heavy atom. The molecule has 0 saturated heterocycles. The summed E-state index contributed by atoms with van der Waals surface area (Å²) in [6, 6.07) is 5.76. The Hall–Kier alpha value is -2.84. The molecular formula is C32H45NO4. The molecule has 1 aliphatic rings. The van der Waals surface area contributed by atoms with Crippen molar-refractivity contribution in [2.24, 2.45) is 0 Å². The zero-order valence-electron chi connectivity index (χ0n) is 23.6. The quantitative estimate of drug-likeness (QED) is 0.203. The number of benzene rings is 1. The molecule has 0 radical (unpaired) electrons. The van der Waals surface area contributed by atoms with Crippen LogP contribution in [-0.2, 0) is 21.4 Å². The van der Waals surface area contributed by atoms with Gasteiger partial charge in [0, 0.05) is 12.6 Å². The van der Waals surface area contributed by atoms with Gasteiger partial charge in [-0.1, -0.05) is 63.0 Å². The number of nitrogens with zero attached hydrogens (tertiary/aromatic N) is 1. The van der Waals surface area contributed by atoms with Crippen molar-refractivity contribution in [3.8, 4) is 12.3 Å². The largest absolute Gasteiger partial charge is 0.480 e. The van der Waals surface area contributed by atoms with Gasteiger partial charge in [-0.05, 0) is 87.8 Å². The number of likely N-dealkylation sites (N-methyl/N-ethyl adjacent to an activating group) is 1. The first-order valence-corrected chi connectivity index (χ1v) is 13.6. The fourth-order valence-electron chi connectivity index (χ4n) is 5.39. The van der Waals surface area contributed by atoms with Gasteiger partial charge in [-0.3, -0.25) is 4.79 Å². The number of carboxylic acids is 1. The van der Waals surface area contributed by atoms with Gasteiger partial charge in [0.1, 0.15) is 6.04 Å². The lowest BCUT2D eigenvalue weighted by Gasteiger charge is -2.32. The Morgan fingerprint density at radius 2 is 1.86 bits per heavy atom. The van der Waals surface area contributed by atoms with Gasteiger partial charge in [0.25, 0.3) is 5.91 Å². The van der Waals surface area contributed by atoms with E-state index in [1.807, 2.05) is 6.08 Å². The molecule has 2 N–H and O–H groups in total. The Kier molecular flexibility index (Phi) is 10.8. The van der Waals surface area contributed by atoms with Crippen LogP contribution in [0.3, 0.4) is 0 Å². The lowest BCUT2D eigenvalue weighted by atomic mass is 9.72. The predicted octanol–water partition coefficient (Wildman–Crippen LogP) is 6.12. The number of aliphatic carboxylic acids is 1. The second-order valence-corrected chi connectivity index (χ2v) is 10.8. The van der Waals surface area contributed by atoms with Crippen LogP contribution in [0.4, 0.5) is 0 Å². The molecule has 2 rings (SSSR count). The number of carbonyl (C=O) groups excluding carboxylic acids is 1. The van der Waals surface area contributed by atoms with Gasteiger partial charge in [-0.25, -0.2) is 4.79 Å². The number of carbonyl (C=O) groups is 2. The number of hydrogen-bond donors (Lipinski definition) is 2. The molecule has 5 heteroatoms. The monoisotopic (exact) mass is 507 g/mol. The number of hydrogen-bond acceptors (Lipinski definition) is 3. The van der Waals surface area contributed by atoms with Gasteiger partial charge in [-0.2, -0.15) is 0 Å². The summed E-state index contributed by atoms with van der Waals surface area (Å²) in [5.41, 5.74) is 4.03. The first-order valence-electron chi connectivity index (χ1n) is 13.6. The van der Waals surface area contributed by atoms with Gasteiger partial charge < -0.3 is 15.1 Å². The Morgan fingerprint density at radius 3 is 2.38 bits per heavy atom. The zero-order valence-corrected chi connectivity index (χ0v) is 23.6. The number of terminal acetylenes is 1. The van der Waals surface area contributed by atoms with Crippen LogP contribution in [0, 0.1) is 19.3 Å². The zero-order chi connectivity index (χ0) is 27.8. The van der Waals surface area contributed by atoms with Crippen LogP contribution < -0.4 is 0 Å². The van der Waals surface area contributed by atoms with Gasteiger partial charge >= 0.3 is 5.97 Å². The van der Waals surface area contributed by atoms with Crippen molar-refractivity contribution in [2.75, 3.05) is 7.05 Å². The summed E-state index contributed by atoms with van der Waals surface area (Å²) in [6.07, 6.45) is 17.7. The summed E-state index contributed by atoms with van der Waals surface area (Å²) in [4.78, 5) is 25.6. The minimum absolute atomic E-state index is 0.0953. The van der Waals surface area contributed by atoms with Gasteiger partial charge in [0.15, 0.2) is 0 Å². The molecule has 1 atom stereocenters. The Balaban J connectivity index is 2.26. The molecule has 0 bridgehead atoms. The molecule has 0 aromatic heterocycles. The Labute approximate surface area is 223 Å². The third-order valence-corrected chi connectivity index (χ3v) is 8.61. The van der Waals surface area contributed by atoms with Crippen LogP contribution in [-0.4, -0.2) is 45.7 Å². The highest BCUT2D eigenvalue weighted by atomic mass is 16.4. The highest BCUT2D eigenvalue weighted by Gasteiger charge is 2.31. The third-order valence-electron chi connectivity index (χ3n) is 8.61. The smallest absolute Gasteiger partial charge is 0.326 e. The van der Waals surface area contributed by atoms with E-state index in [0.29, 0.717) is 11.1 Å². The maximum Gasteiger partial charge on any atom is 0.326 e. The molecule has 1 aromatic rings. The fraction of sp³-hybridized carbons (Fsp3) is 0.562. The van der Waals surface area contributed by atoms with E-state index in [2.05, 4.69) is 44.9 Å². The third kappa shape index (κ3) is 7.36. The van der Waals surface area contributed by atoms with Gasteiger partial charge in [-0.15, -0.1) is 6.42 Å². The summed E-state index contributed by atoms with van der Waals surface area (Å²) in [6.45, 7) is 9.71. The van der Waals surface area contributed by atoms with E-state index >= 15 is 0 Å². The van der Waals surface area contributed by atoms with E-state index in [-0.39, 0.29) is 5.41 Å². The number of allylic oxidation sites excluding steroid dienone is 2. The van der Waals surface area contributed by atoms with Crippen molar-refractivity contribution in [1.82, 2.24) is 4.90 Å².